The topological polar surface area (TPSA) is 96.8 Å². The number of piperazine rings is 1. The van der Waals surface area contributed by atoms with Crippen molar-refractivity contribution in [2.45, 2.75) is 0 Å². The maximum Gasteiger partial charge on any atom is 0.216 e. The van der Waals surface area contributed by atoms with Gasteiger partial charge in [-0.05, 0) is 24.4 Å². The van der Waals surface area contributed by atoms with Crippen molar-refractivity contribution in [3.63, 3.8) is 0 Å². The average molecular weight is 328 g/mol. The lowest BCUT2D eigenvalue weighted by Gasteiger charge is -2.35. The maximum absolute atomic E-state index is 14.4. The molecule has 1 aromatic carbocycles. The van der Waals surface area contributed by atoms with Crippen molar-refractivity contribution in [2.75, 3.05) is 43.4 Å². The van der Waals surface area contributed by atoms with Gasteiger partial charge < -0.3 is 15.1 Å². The third-order valence-corrected chi connectivity index (χ3v) is 3.88. The molecule has 2 heterocycles. The van der Waals surface area contributed by atoms with Crippen molar-refractivity contribution in [3.8, 4) is 6.07 Å². The molecule has 2 N–H and O–H groups in total. The quantitative estimate of drug-likeness (QED) is 0.810. The van der Waals surface area contributed by atoms with Crippen LogP contribution in [0, 0.1) is 17.1 Å². The first-order valence-electron chi connectivity index (χ1n) is 7.51. The summed E-state index contributed by atoms with van der Waals surface area (Å²) in [5, 5.41) is 25.5. The SMILES string of the molecule is CN1CCN(c2c(F)cccc2NC=C(C#N)c2nn[nH]n2)CC1. The number of para-hydroxylation sites is 1. The number of hydrogen-bond donors (Lipinski definition) is 2. The van der Waals surface area contributed by atoms with E-state index in [4.69, 9.17) is 0 Å². The number of aromatic amines is 1. The summed E-state index contributed by atoms with van der Waals surface area (Å²) < 4.78 is 14.4. The van der Waals surface area contributed by atoms with E-state index in [2.05, 4.69) is 30.8 Å². The van der Waals surface area contributed by atoms with Crippen molar-refractivity contribution in [1.29, 1.82) is 5.26 Å². The Morgan fingerprint density at radius 2 is 2.17 bits per heavy atom. The van der Waals surface area contributed by atoms with Gasteiger partial charge in [-0.25, -0.2) is 4.39 Å². The Morgan fingerprint density at radius 3 is 2.83 bits per heavy atom. The largest absolute Gasteiger partial charge is 0.365 e. The van der Waals surface area contributed by atoms with Gasteiger partial charge in [0.15, 0.2) is 0 Å². The number of benzene rings is 1. The summed E-state index contributed by atoms with van der Waals surface area (Å²) in [4.78, 5) is 4.21. The molecule has 0 atom stereocenters. The molecule has 0 bridgehead atoms. The number of nitrogens with one attached hydrogen (secondary N) is 2. The molecule has 1 aromatic heterocycles. The smallest absolute Gasteiger partial charge is 0.216 e. The van der Waals surface area contributed by atoms with Crippen LogP contribution in [0.2, 0.25) is 0 Å². The van der Waals surface area contributed by atoms with Crippen LogP contribution in [-0.2, 0) is 0 Å². The second-order valence-electron chi connectivity index (χ2n) is 5.48. The number of nitriles is 1. The molecule has 0 aliphatic carbocycles. The van der Waals surface area contributed by atoms with Crippen LogP contribution in [0.25, 0.3) is 5.57 Å². The highest BCUT2D eigenvalue weighted by Crippen LogP contribution is 2.30. The number of tetrazole rings is 1. The van der Waals surface area contributed by atoms with Crippen LogP contribution >= 0.6 is 0 Å². The number of H-pyrrole nitrogens is 1. The van der Waals surface area contributed by atoms with E-state index in [1.54, 1.807) is 12.1 Å². The molecule has 2 aromatic rings. The van der Waals surface area contributed by atoms with Gasteiger partial charge in [0.1, 0.15) is 17.5 Å². The number of aromatic nitrogens is 4. The molecule has 3 rings (SSSR count). The van der Waals surface area contributed by atoms with E-state index in [0.29, 0.717) is 11.4 Å². The summed E-state index contributed by atoms with van der Waals surface area (Å²) in [6.07, 6.45) is 1.46. The number of allylic oxidation sites excluding steroid dienone is 1. The highest BCUT2D eigenvalue weighted by Gasteiger charge is 2.20. The molecule has 1 fully saturated rings. The van der Waals surface area contributed by atoms with Gasteiger partial charge in [-0.3, -0.25) is 0 Å². The summed E-state index contributed by atoms with van der Waals surface area (Å²) in [7, 11) is 2.05. The van der Waals surface area contributed by atoms with Gasteiger partial charge in [-0.2, -0.15) is 10.5 Å². The molecule has 9 heteroatoms. The predicted molar refractivity (Wildman–Crippen MR) is 87.5 cm³/mol. The minimum atomic E-state index is -0.295. The van der Waals surface area contributed by atoms with Crippen LogP contribution in [0.4, 0.5) is 15.8 Å². The van der Waals surface area contributed by atoms with E-state index in [1.807, 2.05) is 18.0 Å². The van der Waals surface area contributed by atoms with Crippen molar-refractivity contribution < 1.29 is 4.39 Å². The van der Waals surface area contributed by atoms with Gasteiger partial charge in [0.2, 0.25) is 5.82 Å². The van der Waals surface area contributed by atoms with Crippen LogP contribution < -0.4 is 10.2 Å². The molecule has 0 spiro atoms. The molecule has 1 saturated heterocycles. The average Bonchev–Trinajstić information content (AvgIpc) is 3.11. The zero-order valence-corrected chi connectivity index (χ0v) is 13.2. The number of rotatable bonds is 4. The Kier molecular flexibility index (Phi) is 4.67. The van der Waals surface area contributed by atoms with E-state index >= 15 is 0 Å². The van der Waals surface area contributed by atoms with Crippen LogP contribution in [0.15, 0.2) is 24.4 Å². The van der Waals surface area contributed by atoms with Crippen molar-refractivity contribution >= 4 is 16.9 Å². The third kappa shape index (κ3) is 3.33. The predicted octanol–water partition coefficient (Wildman–Crippen LogP) is 1.07. The number of anilines is 2. The zero-order chi connectivity index (χ0) is 16.9. The molecule has 24 heavy (non-hydrogen) atoms. The first-order valence-corrected chi connectivity index (χ1v) is 7.51. The fourth-order valence-electron chi connectivity index (χ4n) is 2.56. The molecule has 0 unspecified atom stereocenters. The molecule has 1 aliphatic rings. The van der Waals surface area contributed by atoms with E-state index in [-0.39, 0.29) is 17.2 Å². The maximum atomic E-state index is 14.4. The first-order chi connectivity index (χ1) is 11.7. The molecule has 124 valence electrons. The lowest BCUT2D eigenvalue weighted by molar-refractivity contribution is 0.312. The van der Waals surface area contributed by atoms with Crippen LogP contribution in [0.5, 0.6) is 0 Å². The van der Waals surface area contributed by atoms with Crippen molar-refractivity contribution in [1.82, 2.24) is 25.5 Å². The first kappa shape index (κ1) is 15.9. The van der Waals surface area contributed by atoms with Gasteiger partial charge in [0, 0.05) is 32.4 Å². The Bertz CT molecular complexity index is 756. The normalized spacial score (nSPS) is 16.0. The summed E-state index contributed by atoms with van der Waals surface area (Å²) >= 11 is 0. The van der Waals surface area contributed by atoms with Crippen molar-refractivity contribution in [2.24, 2.45) is 0 Å². The summed E-state index contributed by atoms with van der Waals surface area (Å²) in [5.41, 5.74) is 1.31. The molecule has 0 saturated carbocycles. The van der Waals surface area contributed by atoms with E-state index in [1.165, 1.54) is 12.3 Å². The number of nitrogens with zero attached hydrogens (tertiary/aromatic N) is 6. The summed E-state index contributed by atoms with van der Waals surface area (Å²) in [6, 6.07) is 6.84. The van der Waals surface area contributed by atoms with Crippen LogP contribution in [0.3, 0.4) is 0 Å². The summed E-state index contributed by atoms with van der Waals surface area (Å²) in [6.45, 7) is 3.23. The molecule has 1 aliphatic heterocycles. The lowest BCUT2D eigenvalue weighted by Crippen LogP contribution is -2.45. The molecular formula is C15H17FN8. The zero-order valence-electron chi connectivity index (χ0n) is 13.2. The highest BCUT2D eigenvalue weighted by molar-refractivity contribution is 5.78. The lowest BCUT2D eigenvalue weighted by atomic mass is 10.2. The van der Waals surface area contributed by atoms with Gasteiger partial charge in [-0.15, -0.1) is 10.2 Å². The second-order valence-corrected chi connectivity index (χ2v) is 5.48. The Labute approximate surface area is 138 Å². The second kappa shape index (κ2) is 7.06. The van der Waals surface area contributed by atoms with E-state index in [9.17, 15) is 9.65 Å². The molecule has 0 amide bonds. The third-order valence-electron chi connectivity index (χ3n) is 3.88. The van der Waals surface area contributed by atoms with Crippen molar-refractivity contribution in [3.05, 3.63) is 36.0 Å². The van der Waals surface area contributed by atoms with Crippen LogP contribution in [-0.4, -0.2) is 58.8 Å². The van der Waals surface area contributed by atoms with Crippen LogP contribution in [0.1, 0.15) is 5.82 Å². The number of halogens is 1. The fraction of sp³-hybridized carbons (Fsp3) is 0.333. The summed E-state index contributed by atoms with van der Waals surface area (Å²) in [5.74, 6) is -0.112. The van der Waals surface area contributed by atoms with Gasteiger partial charge in [-0.1, -0.05) is 6.07 Å². The van der Waals surface area contributed by atoms with Gasteiger partial charge in [0.05, 0.1) is 11.4 Å². The van der Waals surface area contributed by atoms with E-state index < -0.39 is 0 Å². The van der Waals surface area contributed by atoms with Gasteiger partial charge >= 0.3 is 0 Å². The fourth-order valence-corrected chi connectivity index (χ4v) is 2.56. The Morgan fingerprint density at radius 1 is 1.38 bits per heavy atom. The molecular weight excluding hydrogens is 311 g/mol. The monoisotopic (exact) mass is 328 g/mol. The minimum Gasteiger partial charge on any atom is -0.365 e. The Hall–Kier alpha value is -2.99. The minimum absolute atomic E-state index is 0.183. The number of hydrogen-bond acceptors (Lipinski definition) is 7. The Balaban J connectivity index is 1.86. The van der Waals surface area contributed by atoms with Gasteiger partial charge in [0.25, 0.3) is 0 Å². The standard InChI is InChI=1S/C15H17FN8/c1-23-5-7-24(8-6-23)14-12(16)3-2-4-13(14)18-10-11(9-17)15-19-21-22-20-15/h2-4,10,18H,5-8H2,1H3,(H,19,20,21,22). The van der Waals surface area contributed by atoms with E-state index in [0.717, 1.165) is 26.2 Å². The molecule has 8 nitrogen and oxygen atoms in total. The molecule has 0 radical (unpaired) electrons. The number of likely N-dealkylation sites (N-methyl/N-ethyl adjacent to an activating group) is 1. The highest BCUT2D eigenvalue weighted by atomic mass is 19.1.